The van der Waals surface area contributed by atoms with Crippen LogP contribution in [0.2, 0.25) is 0 Å². The van der Waals surface area contributed by atoms with Crippen LogP contribution in [-0.2, 0) is 0 Å². The second kappa shape index (κ2) is 6.83. The number of halogens is 1. The van der Waals surface area contributed by atoms with Gasteiger partial charge in [0.15, 0.2) is 0 Å². The molecule has 0 N–H and O–H groups in total. The van der Waals surface area contributed by atoms with E-state index in [1.165, 1.54) is 12.1 Å². The summed E-state index contributed by atoms with van der Waals surface area (Å²) in [6.07, 6.45) is 1.56. The van der Waals surface area contributed by atoms with Crippen LogP contribution in [0.5, 0.6) is 5.75 Å². The number of aryl methyl sites for hydroxylation is 1. The first kappa shape index (κ1) is 15.0. The summed E-state index contributed by atoms with van der Waals surface area (Å²) in [6.45, 7) is 2.64. The van der Waals surface area contributed by atoms with E-state index >= 15 is 0 Å². The second-order valence-corrected chi connectivity index (χ2v) is 4.72. The highest BCUT2D eigenvalue weighted by atomic mass is 19.1. The summed E-state index contributed by atoms with van der Waals surface area (Å²) < 4.78 is 18.2. The number of hydrogen-bond acceptors (Lipinski definition) is 3. The van der Waals surface area contributed by atoms with Crippen molar-refractivity contribution in [2.45, 2.75) is 6.92 Å². The molecule has 0 radical (unpaired) electrons. The molecule has 2 rings (SSSR count). The fourth-order valence-corrected chi connectivity index (χ4v) is 1.75. The molecule has 0 aliphatic carbocycles. The number of benzene rings is 1. The molecular formula is C16H17FN2O2. The molecule has 0 aliphatic heterocycles. The molecule has 4 nitrogen and oxygen atoms in total. The Balaban J connectivity index is 1.83. The number of rotatable bonds is 5. The Labute approximate surface area is 123 Å². The molecule has 1 aromatic heterocycles. The van der Waals surface area contributed by atoms with Crippen LogP contribution in [0.1, 0.15) is 16.1 Å². The van der Waals surface area contributed by atoms with Crippen molar-refractivity contribution in [3.63, 3.8) is 0 Å². The number of aromatic nitrogens is 1. The van der Waals surface area contributed by atoms with E-state index in [9.17, 15) is 9.18 Å². The standard InChI is InChI=1S/C16H17FN2O2/c1-12-3-4-13(11-18-12)16(20)19(2)9-10-21-15-7-5-14(17)6-8-15/h3-8,11H,9-10H2,1-2H3. The molecule has 0 aliphatic rings. The number of pyridine rings is 1. The topological polar surface area (TPSA) is 42.4 Å². The molecule has 0 unspecified atom stereocenters. The fourth-order valence-electron chi connectivity index (χ4n) is 1.75. The summed E-state index contributed by atoms with van der Waals surface area (Å²) in [5, 5.41) is 0. The Bertz CT molecular complexity index is 597. The number of ether oxygens (including phenoxy) is 1. The van der Waals surface area contributed by atoms with Crippen molar-refractivity contribution in [2.75, 3.05) is 20.2 Å². The molecule has 0 atom stereocenters. The molecule has 0 spiro atoms. The van der Waals surface area contributed by atoms with Crippen molar-refractivity contribution in [3.05, 3.63) is 59.7 Å². The third-order valence-electron chi connectivity index (χ3n) is 3.01. The minimum absolute atomic E-state index is 0.106. The van der Waals surface area contributed by atoms with Crippen LogP contribution in [0.4, 0.5) is 4.39 Å². The van der Waals surface area contributed by atoms with E-state index < -0.39 is 0 Å². The van der Waals surface area contributed by atoms with Crippen molar-refractivity contribution in [2.24, 2.45) is 0 Å². The van der Waals surface area contributed by atoms with E-state index in [4.69, 9.17) is 4.74 Å². The maximum absolute atomic E-state index is 12.7. The maximum Gasteiger partial charge on any atom is 0.255 e. The normalized spacial score (nSPS) is 10.2. The SMILES string of the molecule is Cc1ccc(C(=O)N(C)CCOc2ccc(F)cc2)cn1. The predicted molar refractivity (Wildman–Crippen MR) is 77.8 cm³/mol. The van der Waals surface area contributed by atoms with Gasteiger partial charge in [-0.05, 0) is 43.3 Å². The third kappa shape index (κ3) is 4.27. The van der Waals surface area contributed by atoms with Crippen molar-refractivity contribution >= 4 is 5.91 Å². The smallest absolute Gasteiger partial charge is 0.255 e. The van der Waals surface area contributed by atoms with E-state index in [0.717, 1.165) is 5.69 Å². The highest BCUT2D eigenvalue weighted by molar-refractivity contribution is 5.93. The largest absolute Gasteiger partial charge is 0.492 e. The first-order valence-corrected chi connectivity index (χ1v) is 6.63. The summed E-state index contributed by atoms with van der Waals surface area (Å²) in [7, 11) is 1.70. The van der Waals surface area contributed by atoms with Crippen LogP contribution in [0.3, 0.4) is 0 Å². The first-order valence-electron chi connectivity index (χ1n) is 6.63. The Morgan fingerprint density at radius 1 is 1.24 bits per heavy atom. The van der Waals surface area contributed by atoms with E-state index in [1.54, 1.807) is 42.4 Å². The van der Waals surface area contributed by atoms with E-state index in [-0.39, 0.29) is 11.7 Å². The van der Waals surface area contributed by atoms with Gasteiger partial charge in [0.25, 0.3) is 5.91 Å². The Morgan fingerprint density at radius 3 is 2.57 bits per heavy atom. The van der Waals surface area contributed by atoms with Gasteiger partial charge >= 0.3 is 0 Å². The lowest BCUT2D eigenvalue weighted by Gasteiger charge is -2.17. The molecule has 1 aromatic carbocycles. The van der Waals surface area contributed by atoms with Crippen LogP contribution in [-0.4, -0.2) is 36.0 Å². The fraction of sp³-hybridized carbons (Fsp3) is 0.250. The number of nitrogens with zero attached hydrogens (tertiary/aromatic N) is 2. The monoisotopic (exact) mass is 288 g/mol. The zero-order valence-corrected chi connectivity index (χ0v) is 12.0. The van der Waals surface area contributed by atoms with Gasteiger partial charge in [0.2, 0.25) is 0 Å². The number of hydrogen-bond donors (Lipinski definition) is 0. The zero-order valence-electron chi connectivity index (χ0n) is 12.0. The average Bonchev–Trinajstić information content (AvgIpc) is 2.49. The molecule has 21 heavy (non-hydrogen) atoms. The van der Waals surface area contributed by atoms with Crippen LogP contribution in [0.25, 0.3) is 0 Å². The zero-order chi connectivity index (χ0) is 15.2. The van der Waals surface area contributed by atoms with Crippen LogP contribution >= 0.6 is 0 Å². The van der Waals surface area contributed by atoms with Crippen LogP contribution < -0.4 is 4.74 Å². The van der Waals surface area contributed by atoms with Gasteiger partial charge in [-0.3, -0.25) is 9.78 Å². The first-order chi connectivity index (χ1) is 10.1. The number of carbonyl (C=O) groups excluding carboxylic acids is 1. The lowest BCUT2D eigenvalue weighted by molar-refractivity contribution is 0.0773. The number of amides is 1. The molecule has 0 saturated heterocycles. The van der Waals surface area contributed by atoms with Crippen molar-refractivity contribution < 1.29 is 13.9 Å². The van der Waals surface area contributed by atoms with Crippen molar-refractivity contribution in [1.29, 1.82) is 0 Å². The Hall–Kier alpha value is -2.43. The average molecular weight is 288 g/mol. The van der Waals surface area contributed by atoms with E-state index in [0.29, 0.717) is 24.5 Å². The Morgan fingerprint density at radius 2 is 1.95 bits per heavy atom. The van der Waals surface area contributed by atoms with Gasteiger partial charge in [-0.15, -0.1) is 0 Å². The van der Waals surface area contributed by atoms with Gasteiger partial charge in [-0.1, -0.05) is 0 Å². The van der Waals surface area contributed by atoms with Crippen molar-refractivity contribution in [3.8, 4) is 5.75 Å². The van der Waals surface area contributed by atoms with Gasteiger partial charge in [0.05, 0.1) is 12.1 Å². The van der Waals surface area contributed by atoms with Gasteiger partial charge < -0.3 is 9.64 Å². The highest BCUT2D eigenvalue weighted by Crippen LogP contribution is 2.11. The van der Waals surface area contributed by atoms with Gasteiger partial charge in [0.1, 0.15) is 18.2 Å². The second-order valence-electron chi connectivity index (χ2n) is 4.72. The minimum Gasteiger partial charge on any atom is -0.492 e. The molecule has 110 valence electrons. The summed E-state index contributed by atoms with van der Waals surface area (Å²) >= 11 is 0. The van der Waals surface area contributed by atoms with Gasteiger partial charge in [-0.25, -0.2) is 4.39 Å². The molecule has 0 bridgehead atoms. The summed E-state index contributed by atoms with van der Waals surface area (Å²) in [5.41, 5.74) is 1.42. The Kier molecular flexibility index (Phi) is 4.87. The molecule has 1 amide bonds. The number of likely N-dealkylation sites (N-methyl/N-ethyl adjacent to an activating group) is 1. The summed E-state index contributed by atoms with van der Waals surface area (Å²) in [4.78, 5) is 17.8. The lowest BCUT2D eigenvalue weighted by atomic mass is 10.2. The molecular weight excluding hydrogens is 271 g/mol. The van der Waals surface area contributed by atoms with Gasteiger partial charge in [0, 0.05) is 18.9 Å². The molecule has 0 saturated carbocycles. The minimum atomic E-state index is -0.304. The van der Waals surface area contributed by atoms with E-state index in [1.807, 2.05) is 6.92 Å². The lowest BCUT2D eigenvalue weighted by Crippen LogP contribution is -2.30. The predicted octanol–water partition coefficient (Wildman–Crippen LogP) is 2.68. The third-order valence-corrected chi connectivity index (χ3v) is 3.01. The summed E-state index contributed by atoms with van der Waals surface area (Å²) in [5.74, 6) is 0.168. The van der Waals surface area contributed by atoms with Crippen molar-refractivity contribution in [1.82, 2.24) is 9.88 Å². The quantitative estimate of drug-likeness (QED) is 0.849. The van der Waals surface area contributed by atoms with Gasteiger partial charge in [-0.2, -0.15) is 0 Å². The molecule has 0 fully saturated rings. The number of carbonyl (C=O) groups is 1. The van der Waals surface area contributed by atoms with Crippen LogP contribution in [0.15, 0.2) is 42.6 Å². The van der Waals surface area contributed by atoms with E-state index in [2.05, 4.69) is 4.98 Å². The maximum atomic E-state index is 12.7. The molecule has 1 heterocycles. The van der Waals surface area contributed by atoms with Crippen LogP contribution in [0, 0.1) is 12.7 Å². The highest BCUT2D eigenvalue weighted by Gasteiger charge is 2.11. The summed E-state index contributed by atoms with van der Waals surface area (Å²) in [6, 6.07) is 9.34. The molecule has 5 heteroatoms. The molecule has 2 aromatic rings.